The van der Waals surface area contributed by atoms with Gasteiger partial charge >= 0.3 is 0 Å². The quantitative estimate of drug-likeness (QED) is 0.844. The molecule has 0 atom stereocenters. The lowest BCUT2D eigenvalue weighted by atomic mass is 10.3. The Balaban J connectivity index is 1.89. The van der Waals surface area contributed by atoms with Gasteiger partial charge in [0.2, 0.25) is 0 Å². The number of hydrogen-bond donors (Lipinski definition) is 2. The highest BCUT2D eigenvalue weighted by Gasteiger charge is 2.01. The normalized spacial score (nSPS) is 10.0. The number of halogens is 2. The monoisotopic (exact) mass is 311 g/mol. The van der Waals surface area contributed by atoms with Crippen molar-refractivity contribution in [1.82, 2.24) is 10.3 Å². The topological polar surface area (TPSA) is 37.0 Å². The average molecular weight is 312 g/mol. The van der Waals surface area contributed by atoms with E-state index in [-0.39, 0.29) is 0 Å². The standard InChI is InChI=1S/C13H11Cl2N3S/c14-11-2-1-10(7-12(11)15)18-13(19)17-8-9-3-5-16-6-4-9/h1-7H,8H2,(H2,17,18,19). The Labute approximate surface area is 127 Å². The third kappa shape index (κ3) is 4.35. The fourth-order valence-corrected chi connectivity index (χ4v) is 1.92. The first-order chi connectivity index (χ1) is 9.15. The number of benzene rings is 1. The van der Waals surface area contributed by atoms with E-state index >= 15 is 0 Å². The zero-order chi connectivity index (χ0) is 13.7. The van der Waals surface area contributed by atoms with Crippen LogP contribution in [0.5, 0.6) is 0 Å². The first-order valence-corrected chi connectivity index (χ1v) is 6.70. The lowest BCUT2D eigenvalue weighted by Crippen LogP contribution is -2.27. The van der Waals surface area contributed by atoms with Crippen molar-refractivity contribution in [3.8, 4) is 0 Å². The second-order valence-electron chi connectivity index (χ2n) is 3.79. The van der Waals surface area contributed by atoms with E-state index in [9.17, 15) is 0 Å². The number of aromatic nitrogens is 1. The Kier molecular flexibility index (Phi) is 4.96. The molecule has 0 unspecified atom stereocenters. The summed E-state index contributed by atoms with van der Waals surface area (Å²) in [6.07, 6.45) is 3.49. The summed E-state index contributed by atoms with van der Waals surface area (Å²) in [4.78, 5) is 3.95. The average Bonchev–Trinajstić information content (AvgIpc) is 2.42. The zero-order valence-electron chi connectivity index (χ0n) is 9.86. The summed E-state index contributed by atoms with van der Waals surface area (Å²) in [6.45, 7) is 0.635. The van der Waals surface area contributed by atoms with Crippen LogP contribution in [0.1, 0.15) is 5.56 Å². The van der Waals surface area contributed by atoms with Gasteiger partial charge in [0.05, 0.1) is 10.0 Å². The molecule has 1 heterocycles. The van der Waals surface area contributed by atoms with Crippen LogP contribution in [0, 0.1) is 0 Å². The first kappa shape index (κ1) is 14.1. The zero-order valence-corrected chi connectivity index (χ0v) is 12.2. The van der Waals surface area contributed by atoms with Crippen molar-refractivity contribution in [2.45, 2.75) is 6.54 Å². The summed E-state index contributed by atoms with van der Waals surface area (Å²) < 4.78 is 0. The largest absolute Gasteiger partial charge is 0.358 e. The van der Waals surface area contributed by atoms with Crippen LogP contribution in [-0.2, 0) is 6.54 Å². The molecule has 2 aromatic rings. The van der Waals surface area contributed by atoms with E-state index in [1.54, 1.807) is 24.5 Å². The van der Waals surface area contributed by atoms with E-state index in [4.69, 9.17) is 35.4 Å². The summed E-state index contributed by atoms with van der Waals surface area (Å²) in [5.41, 5.74) is 1.90. The minimum Gasteiger partial charge on any atom is -0.358 e. The molecule has 19 heavy (non-hydrogen) atoms. The lowest BCUT2D eigenvalue weighted by Gasteiger charge is -2.11. The Morgan fingerprint density at radius 3 is 2.53 bits per heavy atom. The second-order valence-corrected chi connectivity index (χ2v) is 5.01. The summed E-state index contributed by atoms with van der Waals surface area (Å²) in [5, 5.41) is 7.67. The SMILES string of the molecule is S=C(NCc1ccncc1)Nc1ccc(Cl)c(Cl)c1. The van der Waals surface area contributed by atoms with Gasteiger partial charge in [-0.05, 0) is 48.1 Å². The van der Waals surface area contributed by atoms with E-state index < -0.39 is 0 Å². The summed E-state index contributed by atoms with van der Waals surface area (Å²) in [6, 6.07) is 9.11. The van der Waals surface area contributed by atoms with Gasteiger partial charge in [0.1, 0.15) is 0 Å². The fourth-order valence-electron chi connectivity index (χ4n) is 1.43. The molecule has 0 aliphatic carbocycles. The predicted octanol–water partition coefficient (Wildman–Crippen LogP) is 3.88. The highest BCUT2D eigenvalue weighted by atomic mass is 35.5. The van der Waals surface area contributed by atoms with Crippen LogP contribution in [0.25, 0.3) is 0 Å². The molecule has 1 aromatic heterocycles. The van der Waals surface area contributed by atoms with E-state index in [1.807, 2.05) is 18.2 Å². The highest BCUT2D eigenvalue weighted by molar-refractivity contribution is 7.80. The van der Waals surface area contributed by atoms with Gasteiger partial charge < -0.3 is 10.6 Å². The third-order valence-corrected chi connectivity index (χ3v) is 3.37. The van der Waals surface area contributed by atoms with Crippen molar-refractivity contribution >= 4 is 46.2 Å². The smallest absolute Gasteiger partial charge is 0.171 e. The number of thiocarbonyl (C=S) groups is 1. The number of anilines is 1. The number of pyridine rings is 1. The van der Waals surface area contributed by atoms with Gasteiger partial charge in [0.15, 0.2) is 5.11 Å². The summed E-state index contributed by atoms with van der Waals surface area (Å²) in [5.74, 6) is 0. The van der Waals surface area contributed by atoms with Crippen molar-refractivity contribution in [3.05, 3.63) is 58.3 Å². The Morgan fingerprint density at radius 2 is 1.84 bits per heavy atom. The van der Waals surface area contributed by atoms with Crippen molar-refractivity contribution in [2.75, 3.05) is 5.32 Å². The molecular weight excluding hydrogens is 301 g/mol. The molecule has 2 N–H and O–H groups in total. The maximum Gasteiger partial charge on any atom is 0.171 e. The molecular formula is C13H11Cl2N3S. The summed E-state index contributed by atoms with van der Waals surface area (Å²) >= 11 is 17.0. The number of hydrogen-bond acceptors (Lipinski definition) is 2. The molecule has 1 aromatic carbocycles. The van der Waals surface area contributed by atoms with Crippen molar-refractivity contribution < 1.29 is 0 Å². The van der Waals surface area contributed by atoms with E-state index in [0.29, 0.717) is 21.7 Å². The van der Waals surface area contributed by atoms with Gasteiger partial charge in [-0.25, -0.2) is 0 Å². The predicted molar refractivity (Wildman–Crippen MR) is 83.8 cm³/mol. The Bertz CT molecular complexity index is 575. The van der Waals surface area contributed by atoms with Crippen molar-refractivity contribution in [3.63, 3.8) is 0 Å². The maximum absolute atomic E-state index is 5.93. The maximum atomic E-state index is 5.93. The highest BCUT2D eigenvalue weighted by Crippen LogP contribution is 2.24. The molecule has 0 fully saturated rings. The number of nitrogens with one attached hydrogen (secondary N) is 2. The number of nitrogens with zero attached hydrogens (tertiary/aromatic N) is 1. The van der Waals surface area contributed by atoms with Crippen LogP contribution in [0.15, 0.2) is 42.7 Å². The van der Waals surface area contributed by atoms with E-state index in [1.165, 1.54) is 0 Å². The van der Waals surface area contributed by atoms with Crippen LogP contribution in [0.4, 0.5) is 5.69 Å². The molecule has 0 amide bonds. The van der Waals surface area contributed by atoms with Crippen molar-refractivity contribution in [1.29, 1.82) is 0 Å². The van der Waals surface area contributed by atoms with Crippen molar-refractivity contribution in [2.24, 2.45) is 0 Å². The molecule has 0 saturated heterocycles. The van der Waals surface area contributed by atoms with E-state index in [2.05, 4.69) is 15.6 Å². The molecule has 98 valence electrons. The van der Waals surface area contributed by atoms with Gasteiger partial charge in [0.25, 0.3) is 0 Å². The molecule has 3 nitrogen and oxygen atoms in total. The lowest BCUT2D eigenvalue weighted by molar-refractivity contribution is 0.921. The van der Waals surface area contributed by atoms with Crippen LogP contribution in [-0.4, -0.2) is 10.1 Å². The molecule has 0 bridgehead atoms. The first-order valence-electron chi connectivity index (χ1n) is 5.54. The van der Waals surface area contributed by atoms with Gasteiger partial charge in [0, 0.05) is 24.6 Å². The van der Waals surface area contributed by atoms with Crippen LogP contribution < -0.4 is 10.6 Å². The van der Waals surface area contributed by atoms with Gasteiger partial charge in [-0.15, -0.1) is 0 Å². The molecule has 0 aliphatic heterocycles. The van der Waals surface area contributed by atoms with Crippen LogP contribution in [0.3, 0.4) is 0 Å². The van der Waals surface area contributed by atoms with Gasteiger partial charge in [-0.2, -0.15) is 0 Å². The molecule has 0 saturated carbocycles. The second kappa shape index (κ2) is 6.70. The molecule has 6 heteroatoms. The Hall–Kier alpha value is -1.36. The van der Waals surface area contributed by atoms with Gasteiger partial charge in [-0.1, -0.05) is 23.2 Å². The summed E-state index contributed by atoms with van der Waals surface area (Å²) in [7, 11) is 0. The number of rotatable bonds is 3. The minimum atomic E-state index is 0.489. The van der Waals surface area contributed by atoms with Gasteiger partial charge in [-0.3, -0.25) is 4.98 Å². The molecule has 0 radical (unpaired) electrons. The molecule has 0 aliphatic rings. The van der Waals surface area contributed by atoms with Crippen LogP contribution in [0.2, 0.25) is 10.0 Å². The third-order valence-electron chi connectivity index (χ3n) is 2.38. The minimum absolute atomic E-state index is 0.489. The fraction of sp³-hybridized carbons (Fsp3) is 0.0769. The van der Waals surface area contributed by atoms with E-state index in [0.717, 1.165) is 11.3 Å². The molecule has 2 rings (SSSR count). The van der Waals surface area contributed by atoms with Crippen LogP contribution >= 0.6 is 35.4 Å². The molecule has 0 spiro atoms. The Morgan fingerprint density at radius 1 is 1.11 bits per heavy atom.